The highest BCUT2D eigenvalue weighted by Crippen LogP contribution is 2.36. The number of hydrogen-bond donors (Lipinski definition) is 1. The number of rotatable bonds is 10. The number of carboxylic acids is 1. The zero-order chi connectivity index (χ0) is 26.4. The largest absolute Gasteiger partial charge is 0.493 e. The summed E-state index contributed by atoms with van der Waals surface area (Å²) in [6.07, 6.45) is 7.32. The van der Waals surface area contributed by atoms with E-state index in [0.29, 0.717) is 36.7 Å². The minimum absolute atomic E-state index is 0.224. The summed E-state index contributed by atoms with van der Waals surface area (Å²) in [6.45, 7) is 6.23. The van der Waals surface area contributed by atoms with Gasteiger partial charge in [-0.15, -0.1) is 0 Å². The molecule has 1 amide bonds. The first kappa shape index (κ1) is 26.2. The third kappa shape index (κ3) is 6.10. The Kier molecular flexibility index (Phi) is 8.43. The SMILES string of the molecule is CCCCC=CC(=O)N1C(C(=O)O)c2cc(OCCc3nc(-c4ccccc4)oc3C)ccc2C[C@@H]1C. The number of benzene rings is 2. The second-order valence-electron chi connectivity index (χ2n) is 9.43. The fourth-order valence-electron chi connectivity index (χ4n) is 4.74. The Bertz CT molecular complexity index is 1260. The first-order valence-electron chi connectivity index (χ1n) is 12.9. The summed E-state index contributed by atoms with van der Waals surface area (Å²) in [5.41, 5.74) is 3.26. The van der Waals surface area contributed by atoms with E-state index < -0.39 is 12.0 Å². The number of carboxylic acid groups (broad SMARTS) is 1. The van der Waals surface area contributed by atoms with Gasteiger partial charge >= 0.3 is 5.97 Å². The fourth-order valence-corrected chi connectivity index (χ4v) is 4.74. The molecule has 7 heteroatoms. The van der Waals surface area contributed by atoms with Gasteiger partial charge in [0.1, 0.15) is 11.5 Å². The number of ether oxygens (including phenoxy) is 1. The summed E-state index contributed by atoms with van der Waals surface area (Å²) in [4.78, 5) is 31.4. The molecule has 0 saturated heterocycles. The van der Waals surface area contributed by atoms with Gasteiger partial charge < -0.3 is 19.2 Å². The first-order valence-corrected chi connectivity index (χ1v) is 12.9. The van der Waals surface area contributed by atoms with Crippen LogP contribution in [-0.4, -0.2) is 39.5 Å². The first-order chi connectivity index (χ1) is 17.9. The number of unbranched alkanes of at least 4 members (excludes halogenated alkanes) is 2. The average Bonchev–Trinajstić information content (AvgIpc) is 3.26. The lowest BCUT2D eigenvalue weighted by Crippen LogP contribution is -2.48. The van der Waals surface area contributed by atoms with Gasteiger partial charge in [-0.3, -0.25) is 4.79 Å². The molecule has 1 unspecified atom stereocenters. The Morgan fingerprint density at radius 3 is 2.73 bits per heavy atom. The molecule has 3 aromatic rings. The Balaban J connectivity index is 1.47. The summed E-state index contributed by atoms with van der Waals surface area (Å²) in [7, 11) is 0. The second-order valence-corrected chi connectivity index (χ2v) is 9.43. The van der Waals surface area contributed by atoms with Crippen LogP contribution in [0, 0.1) is 6.92 Å². The molecule has 0 saturated carbocycles. The molecule has 0 aliphatic carbocycles. The van der Waals surface area contributed by atoms with Crippen LogP contribution in [0.2, 0.25) is 0 Å². The van der Waals surface area contributed by atoms with Crippen molar-refractivity contribution in [1.82, 2.24) is 9.88 Å². The molecule has 0 fully saturated rings. The van der Waals surface area contributed by atoms with Crippen molar-refractivity contribution in [1.29, 1.82) is 0 Å². The van der Waals surface area contributed by atoms with Crippen molar-refractivity contribution >= 4 is 11.9 Å². The van der Waals surface area contributed by atoms with Crippen molar-refractivity contribution in [2.45, 2.75) is 65.0 Å². The Morgan fingerprint density at radius 1 is 1.22 bits per heavy atom. The quantitative estimate of drug-likeness (QED) is 0.273. The molecule has 37 heavy (non-hydrogen) atoms. The van der Waals surface area contributed by atoms with Crippen LogP contribution in [0.4, 0.5) is 0 Å². The van der Waals surface area contributed by atoms with Gasteiger partial charge in [0, 0.05) is 18.0 Å². The number of allylic oxidation sites excluding steroid dienone is 1. The maximum atomic E-state index is 13.0. The minimum Gasteiger partial charge on any atom is -0.493 e. The zero-order valence-corrected chi connectivity index (χ0v) is 21.6. The summed E-state index contributed by atoms with van der Waals surface area (Å²) in [5, 5.41) is 10.1. The molecule has 1 N–H and O–H groups in total. The maximum absolute atomic E-state index is 13.0. The summed E-state index contributed by atoms with van der Waals surface area (Å²) in [6, 6.07) is 14.0. The van der Waals surface area contributed by atoms with Crippen LogP contribution < -0.4 is 4.74 Å². The molecule has 194 valence electrons. The third-order valence-electron chi connectivity index (χ3n) is 6.67. The molecule has 0 spiro atoms. The Morgan fingerprint density at radius 2 is 2.00 bits per heavy atom. The van der Waals surface area contributed by atoms with Crippen LogP contribution >= 0.6 is 0 Å². The van der Waals surface area contributed by atoms with E-state index >= 15 is 0 Å². The molecule has 2 atom stereocenters. The standard InChI is InChI=1S/C30H34N2O5/c1-4-5-6-10-13-27(33)32-20(2)18-23-14-15-24(19-25(23)28(32)30(34)35)36-17-16-26-21(3)37-29(31-26)22-11-8-7-9-12-22/h7-15,19-20,28H,4-6,16-18H2,1-3H3,(H,34,35)/t20-,28?/m0/s1. The number of aliphatic carboxylic acids is 1. The van der Waals surface area contributed by atoms with Crippen LogP contribution in [-0.2, 0) is 22.4 Å². The number of carbonyl (C=O) groups is 2. The molecular weight excluding hydrogens is 468 g/mol. The lowest BCUT2D eigenvalue weighted by molar-refractivity contribution is -0.151. The number of amides is 1. The van der Waals surface area contributed by atoms with Crippen LogP contribution in [0.1, 0.15) is 61.7 Å². The van der Waals surface area contributed by atoms with Gasteiger partial charge in [-0.1, -0.05) is 50.1 Å². The van der Waals surface area contributed by atoms with Crippen molar-refractivity contribution in [2.24, 2.45) is 0 Å². The highest BCUT2D eigenvalue weighted by Gasteiger charge is 2.39. The number of hydrogen-bond acceptors (Lipinski definition) is 5. The van der Waals surface area contributed by atoms with Gasteiger partial charge in [0.15, 0.2) is 6.04 Å². The van der Waals surface area contributed by atoms with Crippen molar-refractivity contribution < 1.29 is 23.8 Å². The van der Waals surface area contributed by atoms with Crippen molar-refractivity contribution in [2.75, 3.05) is 6.61 Å². The van der Waals surface area contributed by atoms with E-state index in [0.717, 1.165) is 41.8 Å². The molecule has 1 aliphatic rings. The van der Waals surface area contributed by atoms with Crippen LogP contribution in [0.25, 0.3) is 11.5 Å². The smallest absolute Gasteiger partial charge is 0.331 e. The van der Waals surface area contributed by atoms with E-state index in [1.807, 2.05) is 62.4 Å². The number of fused-ring (bicyclic) bond motifs is 1. The Labute approximate surface area is 217 Å². The molecule has 0 radical (unpaired) electrons. The molecular formula is C30H34N2O5. The molecule has 1 aromatic heterocycles. The predicted octanol–water partition coefficient (Wildman–Crippen LogP) is 5.92. The molecule has 4 rings (SSSR count). The Hall–Kier alpha value is -3.87. The van der Waals surface area contributed by atoms with Crippen LogP contribution in [0.3, 0.4) is 0 Å². The molecule has 2 aromatic carbocycles. The summed E-state index contributed by atoms with van der Waals surface area (Å²) in [5.74, 6) is 0.563. The van der Waals surface area contributed by atoms with E-state index in [4.69, 9.17) is 9.15 Å². The highest BCUT2D eigenvalue weighted by molar-refractivity contribution is 5.92. The summed E-state index contributed by atoms with van der Waals surface area (Å²) >= 11 is 0. The minimum atomic E-state index is -1.06. The van der Waals surface area contributed by atoms with Crippen molar-refractivity contribution in [3.05, 3.63) is 83.3 Å². The number of aromatic nitrogens is 1. The lowest BCUT2D eigenvalue weighted by Gasteiger charge is -2.39. The highest BCUT2D eigenvalue weighted by atomic mass is 16.5. The molecule has 1 aliphatic heterocycles. The average molecular weight is 503 g/mol. The van der Waals surface area contributed by atoms with E-state index in [1.54, 1.807) is 6.07 Å². The normalized spacial score (nSPS) is 17.1. The van der Waals surface area contributed by atoms with Gasteiger partial charge in [0.2, 0.25) is 11.8 Å². The van der Waals surface area contributed by atoms with E-state index in [2.05, 4.69) is 11.9 Å². The lowest BCUT2D eigenvalue weighted by atomic mass is 9.88. The fraction of sp³-hybridized carbons (Fsp3) is 0.367. The molecule has 7 nitrogen and oxygen atoms in total. The predicted molar refractivity (Wildman–Crippen MR) is 141 cm³/mol. The number of nitrogens with zero attached hydrogens (tertiary/aromatic N) is 2. The van der Waals surface area contributed by atoms with Gasteiger partial charge in [0.25, 0.3) is 0 Å². The topological polar surface area (TPSA) is 92.9 Å². The number of aryl methyl sites for hydroxylation is 1. The van der Waals surface area contributed by atoms with Gasteiger partial charge in [-0.2, -0.15) is 0 Å². The van der Waals surface area contributed by atoms with Gasteiger partial charge in [0.05, 0.1) is 12.3 Å². The maximum Gasteiger partial charge on any atom is 0.331 e. The van der Waals surface area contributed by atoms with Crippen LogP contribution in [0.5, 0.6) is 5.75 Å². The van der Waals surface area contributed by atoms with Crippen molar-refractivity contribution in [3.63, 3.8) is 0 Å². The van der Waals surface area contributed by atoms with Crippen LogP contribution in [0.15, 0.2) is 65.1 Å². The monoisotopic (exact) mass is 502 g/mol. The van der Waals surface area contributed by atoms with Gasteiger partial charge in [-0.05, 0) is 68.2 Å². The van der Waals surface area contributed by atoms with E-state index in [9.17, 15) is 14.7 Å². The number of oxazole rings is 1. The zero-order valence-electron chi connectivity index (χ0n) is 21.6. The van der Waals surface area contributed by atoms with Crippen molar-refractivity contribution in [3.8, 4) is 17.2 Å². The summed E-state index contributed by atoms with van der Waals surface area (Å²) < 4.78 is 11.8. The van der Waals surface area contributed by atoms with E-state index in [1.165, 1.54) is 11.0 Å². The second kappa shape index (κ2) is 11.9. The molecule has 2 heterocycles. The number of carbonyl (C=O) groups excluding carboxylic acids is 1. The third-order valence-corrected chi connectivity index (χ3v) is 6.67. The van der Waals surface area contributed by atoms with Gasteiger partial charge in [-0.25, -0.2) is 9.78 Å². The van der Waals surface area contributed by atoms with E-state index in [-0.39, 0.29) is 11.9 Å². The molecule has 0 bridgehead atoms.